The van der Waals surface area contributed by atoms with E-state index < -0.39 is 0 Å². The summed E-state index contributed by atoms with van der Waals surface area (Å²) in [6, 6.07) is 8.10. The molecule has 2 nitrogen and oxygen atoms in total. The van der Waals surface area contributed by atoms with Gasteiger partial charge in [-0.3, -0.25) is 0 Å². The summed E-state index contributed by atoms with van der Waals surface area (Å²) in [6.07, 6.45) is 6.29. The van der Waals surface area contributed by atoms with Gasteiger partial charge in [0.1, 0.15) is 0 Å². The van der Waals surface area contributed by atoms with E-state index in [2.05, 4.69) is 23.4 Å². The van der Waals surface area contributed by atoms with Crippen LogP contribution in [0.25, 0.3) is 0 Å². The maximum Gasteiger partial charge on any atom is 0.0966 e. The Labute approximate surface area is 90.6 Å². The zero-order valence-corrected chi connectivity index (χ0v) is 8.92. The Morgan fingerprint density at radius 2 is 2.33 bits per heavy atom. The number of benzene rings is 1. The fourth-order valence-corrected chi connectivity index (χ4v) is 1.89. The van der Waals surface area contributed by atoms with E-state index >= 15 is 0 Å². The third kappa shape index (κ3) is 2.04. The van der Waals surface area contributed by atoms with Crippen LogP contribution < -0.4 is 5.32 Å². The molecule has 0 saturated carbocycles. The van der Waals surface area contributed by atoms with Crippen molar-refractivity contribution in [3.8, 4) is 12.3 Å². The maximum atomic E-state index is 5.54. The highest BCUT2D eigenvalue weighted by Crippen LogP contribution is 2.22. The molecule has 1 fully saturated rings. The van der Waals surface area contributed by atoms with E-state index in [9.17, 15) is 0 Å². The fourth-order valence-electron chi connectivity index (χ4n) is 1.89. The molecule has 0 spiro atoms. The predicted octanol–water partition coefficient (Wildman–Crippen LogP) is 1.20. The summed E-state index contributed by atoms with van der Waals surface area (Å²) in [6.45, 7) is 1.84. The SMILES string of the molecule is C#Cc1cccc(CC2(OC)CNC2)c1. The van der Waals surface area contributed by atoms with E-state index in [4.69, 9.17) is 11.2 Å². The zero-order chi connectivity index (χ0) is 10.7. The van der Waals surface area contributed by atoms with Gasteiger partial charge in [-0.15, -0.1) is 6.42 Å². The van der Waals surface area contributed by atoms with Gasteiger partial charge in [-0.1, -0.05) is 18.1 Å². The zero-order valence-electron chi connectivity index (χ0n) is 8.92. The average molecular weight is 201 g/mol. The molecule has 0 aromatic heterocycles. The lowest BCUT2D eigenvalue weighted by atomic mass is 9.88. The molecule has 1 aromatic rings. The van der Waals surface area contributed by atoms with Gasteiger partial charge in [-0.05, 0) is 17.7 Å². The summed E-state index contributed by atoms with van der Waals surface area (Å²) in [5, 5.41) is 3.24. The molecule has 1 heterocycles. The molecule has 1 saturated heterocycles. The molecule has 78 valence electrons. The van der Waals surface area contributed by atoms with Gasteiger partial charge in [-0.2, -0.15) is 0 Å². The van der Waals surface area contributed by atoms with E-state index in [1.165, 1.54) is 5.56 Å². The molecule has 2 heteroatoms. The standard InChI is InChI=1S/C13H15NO/c1-3-11-5-4-6-12(7-11)8-13(15-2)9-14-10-13/h1,4-7,14H,8-10H2,2H3. The summed E-state index contributed by atoms with van der Waals surface area (Å²) >= 11 is 0. The van der Waals surface area contributed by atoms with Gasteiger partial charge in [0.25, 0.3) is 0 Å². The normalized spacial score (nSPS) is 17.9. The second-order valence-corrected chi connectivity index (χ2v) is 4.01. The Hall–Kier alpha value is -1.30. The van der Waals surface area contributed by atoms with E-state index in [0.717, 1.165) is 25.1 Å². The molecule has 0 radical (unpaired) electrons. The number of rotatable bonds is 3. The quantitative estimate of drug-likeness (QED) is 0.742. The molecule has 0 bridgehead atoms. The molecule has 1 aliphatic heterocycles. The first-order valence-electron chi connectivity index (χ1n) is 5.09. The highest BCUT2D eigenvalue weighted by molar-refractivity contribution is 5.36. The first kappa shape index (κ1) is 10.2. The smallest absolute Gasteiger partial charge is 0.0966 e. The first-order chi connectivity index (χ1) is 7.28. The highest BCUT2D eigenvalue weighted by Gasteiger charge is 2.36. The second kappa shape index (κ2) is 4.06. The van der Waals surface area contributed by atoms with Crippen LogP contribution in [0.15, 0.2) is 24.3 Å². The number of hydrogen-bond donors (Lipinski definition) is 1. The van der Waals surface area contributed by atoms with Crippen molar-refractivity contribution in [1.29, 1.82) is 0 Å². The largest absolute Gasteiger partial charge is 0.375 e. The molecule has 0 amide bonds. The highest BCUT2D eigenvalue weighted by atomic mass is 16.5. The maximum absolute atomic E-state index is 5.54. The molecule has 0 aliphatic carbocycles. The number of methoxy groups -OCH3 is 1. The van der Waals surface area contributed by atoms with E-state index in [-0.39, 0.29) is 5.60 Å². The molecule has 1 aliphatic rings. The number of nitrogens with one attached hydrogen (secondary N) is 1. The molecular formula is C13H15NO. The van der Waals surface area contributed by atoms with Crippen molar-refractivity contribution in [2.24, 2.45) is 0 Å². The van der Waals surface area contributed by atoms with Crippen LogP contribution in [0.5, 0.6) is 0 Å². The molecule has 1 N–H and O–H groups in total. The Kier molecular flexibility index (Phi) is 2.77. The van der Waals surface area contributed by atoms with Gasteiger partial charge in [0.05, 0.1) is 5.60 Å². The Bertz CT molecular complexity index is 382. The molecule has 15 heavy (non-hydrogen) atoms. The van der Waals surface area contributed by atoms with Crippen LogP contribution in [-0.4, -0.2) is 25.8 Å². The van der Waals surface area contributed by atoms with Crippen LogP contribution in [0, 0.1) is 12.3 Å². The van der Waals surface area contributed by atoms with Crippen molar-refractivity contribution in [2.45, 2.75) is 12.0 Å². The molecule has 0 atom stereocenters. The van der Waals surface area contributed by atoms with Crippen molar-refractivity contribution in [2.75, 3.05) is 20.2 Å². The topological polar surface area (TPSA) is 21.3 Å². The second-order valence-electron chi connectivity index (χ2n) is 4.01. The third-order valence-electron chi connectivity index (χ3n) is 2.95. The average Bonchev–Trinajstić information content (AvgIpc) is 2.24. The van der Waals surface area contributed by atoms with Crippen molar-refractivity contribution >= 4 is 0 Å². The lowest BCUT2D eigenvalue weighted by molar-refractivity contribution is -0.0502. The van der Waals surface area contributed by atoms with Crippen LogP contribution in [0.2, 0.25) is 0 Å². The van der Waals surface area contributed by atoms with Crippen LogP contribution in [-0.2, 0) is 11.2 Å². The number of terminal acetylenes is 1. The van der Waals surface area contributed by atoms with Gasteiger partial charge in [-0.25, -0.2) is 0 Å². The molecular weight excluding hydrogens is 186 g/mol. The van der Waals surface area contributed by atoms with Crippen molar-refractivity contribution in [3.05, 3.63) is 35.4 Å². The summed E-state index contributed by atoms with van der Waals surface area (Å²) < 4.78 is 5.54. The van der Waals surface area contributed by atoms with Gasteiger partial charge in [0, 0.05) is 32.2 Å². The van der Waals surface area contributed by atoms with E-state index in [0.29, 0.717) is 0 Å². The summed E-state index contributed by atoms with van der Waals surface area (Å²) in [7, 11) is 1.77. The summed E-state index contributed by atoms with van der Waals surface area (Å²) in [5.41, 5.74) is 2.16. The number of ether oxygens (including phenoxy) is 1. The van der Waals surface area contributed by atoms with Crippen LogP contribution >= 0.6 is 0 Å². The van der Waals surface area contributed by atoms with Gasteiger partial charge >= 0.3 is 0 Å². The minimum atomic E-state index is -0.0206. The van der Waals surface area contributed by atoms with E-state index in [1.807, 2.05) is 12.1 Å². The Morgan fingerprint density at radius 3 is 2.87 bits per heavy atom. The van der Waals surface area contributed by atoms with Crippen molar-refractivity contribution in [1.82, 2.24) is 5.32 Å². The Balaban J connectivity index is 2.13. The Morgan fingerprint density at radius 1 is 1.53 bits per heavy atom. The molecule has 0 unspecified atom stereocenters. The number of hydrogen-bond acceptors (Lipinski definition) is 2. The van der Waals surface area contributed by atoms with Gasteiger partial charge in [0.15, 0.2) is 0 Å². The minimum Gasteiger partial charge on any atom is -0.375 e. The van der Waals surface area contributed by atoms with Crippen molar-refractivity contribution < 1.29 is 4.74 Å². The molecule has 2 rings (SSSR count). The van der Waals surface area contributed by atoms with E-state index in [1.54, 1.807) is 7.11 Å². The van der Waals surface area contributed by atoms with Gasteiger partial charge < -0.3 is 10.1 Å². The van der Waals surface area contributed by atoms with Crippen molar-refractivity contribution in [3.63, 3.8) is 0 Å². The lowest BCUT2D eigenvalue weighted by Crippen LogP contribution is -2.61. The molecule has 1 aromatic carbocycles. The predicted molar refractivity (Wildman–Crippen MR) is 60.7 cm³/mol. The summed E-state index contributed by atoms with van der Waals surface area (Å²) in [4.78, 5) is 0. The minimum absolute atomic E-state index is 0.0206. The van der Waals surface area contributed by atoms with Gasteiger partial charge in [0.2, 0.25) is 0 Å². The summed E-state index contributed by atoms with van der Waals surface area (Å²) in [5.74, 6) is 2.65. The first-order valence-corrected chi connectivity index (χ1v) is 5.09. The van der Waals surface area contributed by atoms with Crippen LogP contribution in [0.1, 0.15) is 11.1 Å². The van der Waals surface area contributed by atoms with Crippen LogP contribution in [0.3, 0.4) is 0 Å². The monoisotopic (exact) mass is 201 g/mol. The lowest BCUT2D eigenvalue weighted by Gasteiger charge is -2.41. The third-order valence-corrected chi connectivity index (χ3v) is 2.95. The van der Waals surface area contributed by atoms with Crippen LogP contribution in [0.4, 0.5) is 0 Å². The fraction of sp³-hybridized carbons (Fsp3) is 0.385.